The van der Waals surface area contributed by atoms with E-state index in [2.05, 4.69) is 5.32 Å². The maximum Gasteiger partial charge on any atom is 0.331 e. The molecule has 26 heavy (non-hydrogen) atoms. The highest BCUT2D eigenvalue weighted by atomic mass is 35.5. The molecule has 0 aliphatic heterocycles. The number of amides is 2. The first-order chi connectivity index (χ1) is 12.3. The molecule has 0 aromatic heterocycles. The van der Waals surface area contributed by atoms with Gasteiger partial charge in [-0.1, -0.05) is 23.7 Å². The minimum absolute atomic E-state index is 0.329. The van der Waals surface area contributed by atoms with E-state index in [4.69, 9.17) is 22.1 Å². The molecule has 2 amide bonds. The van der Waals surface area contributed by atoms with Crippen LogP contribution in [0.25, 0.3) is 6.08 Å². The number of anilines is 1. The third-order valence-corrected chi connectivity index (χ3v) is 3.63. The lowest BCUT2D eigenvalue weighted by Gasteiger charge is -2.12. The zero-order valence-electron chi connectivity index (χ0n) is 13.9. The van der Waals surface area contributed by atoms with Crippen molar-refractivity contribution in [2.24, 2.45) is 5.73 Å². The molecule has 2 rings (SSSR count). The van der Waals surface area contributed by atoms with Gasteiger partial charge in [0.05, 0.1) is 0 Å². The number of esters is 1. The number of hydrogen-bond acceptors (Lipinski definition) is 4. The minimum atomic E-state index is -0.992. The van der Waals surface area contributed by atoms with E-state index in [0.29, 0.717) is 16.3 Å². The fourth-order valence-corrected chi connectivity index (χ4v) is 2.09. The molecule has 0 aliphatic rings. The Hall–Kier alpha value is -3.12. The number of carbonyl (C=O) groups is 3. The topological polar surface area (TPSA) is 98.5 Å². The molecule has 0 spiro atoms. The molecule has 2 aromatic carbocycles. The lowest BCUT2D eigenvalue weighted by molar-refractivity contribution is -0.148. The maximum atomic E-state index is 12.1. The van der Waals surface area contributed by atoms with Gasteiger partial charge < -0.3 is 15.8 Å². The molecule has 3 N–H and O–H groups in total. The van der Waals surface area contributed by atoms with E-state index in [0.717, 1.165) is 5.56 Å². The Balaban J connectivity index is 1.88. The molecule has 7 heteroatoms. The van der Waals surface area contributed by atoms with Crippen molar-refractivity contribution in [3.8, 4) is 0 Å². The first-order valence-corrected chi connectivity index (χ1v) is 8.08. The lowest BCUT2D eigenvalue weighted by Crippen LogP contribution is -2.29. The van der Waals surface area contributed by atoms with Crippen molar-refractivity contribution >= 4 is 41.1 Å². The monoisotopic (exact) mass is 372 g/mol. The zero-order chi connectivity index (χ0) is 19.1. The summed E-state index contributed by atoms with van der Waals surface area (Å²) in [6, 6.07) is 12.9. The fourth-order valence-electron chi connectivity index (χ4n) is 1.97. The molecular weight excluding hydrogens is 356 g/mol. The van der Waals surface area contributed by atoms with Crippen molar-refractivity contribution in [3.05, 3.63) is 70.8 Å². The molecular formula is C19H17ClN2O4. The maximum absolute atomic E-state index is 12.1. The van der Waals surface area contributed by atoms with Crippen LogP contribution in [-0.4, -0.2) is 23.9 Å². The molecule has 1 atom stereocenters. The van der Waals surface area contributed by atoms with Crippen LogP contribution in [-0.2, 0) is 14.3 Å². The summed E-state index contributed by atoms with van der Waals surface area (Å²) in [5.74, 6) is -1.70. The third-order valence-electron chi connectivity index (χ3n) is 3.38. The molecule has 0 fully saturated rings. The summed E-state index contributed by atoms with van der Waals surface area (Å²) < 4.78 is 5.05. The normalized spacial score (nSPS) is 11.8. The van der Waals surface area contributed by atoms with Gasteiger partial charge in [-0.05, 0) is 55.0 Å². The second-order valence-corrected chi connectivity index (χ2v) is 5.83. The first-order valence-electron chi connectivity index (χ1n) is 7.70. The van der Waals surface area contributed by atoms with Crippen molar-refractivity contribution in [1.82, 2.24) is 0 Å². The number of benzene rings is 2. The summed E-state index contributed by atoms with van der Waals surface area (Å²) in [6.45, 7) is 1.46. The Bertz CT molecular complexity index is 830. The van der Waals surface area contributed by atoms with Gasteiger partial charge in [0.1, 0.15) is 0 Å². The molecule has 0 saturated heterocycles. The van der Waals surface area contributed by atoms with Gasteiger partial charge in [0.2, 0.25) is 5.91 Å². The second kappa shape index (κ2) is 8.82. The fraction of sp³-hybridized carbons (Fsp3) is 0.105. The number of nitrogens with two attached hydrogens (primary N) is 1. The van der Waals surface area contributed by atoms with Crippen LogP contribution < -0.4 is 11.1 Å². The van der Waals surface area contributed by atoms with Gasteiger partial charge in [0.15, 0.2) is 6.10 Å². The van der Waals surface area contributed by atoms with Crippen LogP contribution in [0.2, 0.25) is 5.02 Å². The van der Waals surface area contributed by atoms with Crippen LogP contribution >= 0.6 is 11.6 Å². The van der Waals surface area contributed by atoms with Crippen LogP contribution in [0.4, 0.5) is 5.69 Å². The van der Waals surface area contributed by atoms with E-state index >= 15 is 0 Å². The van der Waals surface area contributed by atoms with Crippen LogP contribution in [0, 0.1) is 0 Å². The molecule has 0 heterocycles. The first kappa shape index (κ1) is 19.2. The predicted octanol–water partition coefficient (Wildman–Crippen LogP) is 3.02. The Morgan fingerprint density at radius 2 is 1.69 bits per heavy atom. The van der Waals surface area contributed by atoms with Crippen LogP contribution in [0.3, 0.4) is 0 Å². The van der Waals surface area contributed by atoms with Crippen LogP contribution in [0.5, 0.6) is 0 Å². The van der Waals surface area contributed by atoms with E-state index in [1.54, 1.807) is 30.3 Å². The zero-order valence-corrected chi connectivity index (χ0v) is 14.7. The Kier molecular flexibility index (Phi) is 6.52. The lowest BCUT2D eigenvalue weighted by atomic mass is 10.2. The highest BCUT2D eigenvalue weighted by molar-refractivity contribution is 6.30. The molecule has 0 bridgehead atoms. The number of hydrogen-bond donors (Lipinski definition) is 2. The highest BCUT2D eigenvalue weighted by Crippen LogP contribution is 2.12. The van der Waals surface area contributed by atoms with Gasteiger partial charge in [-0.15, -0.1) is 0 Å². The molecule has 0 unspecified atom stereocenters. The van der Waals surface area contributed by atoms with Crippen molar-refractivity contribution in [2.45, 2.75) is 13.0 Å². The van der Waals surface area contributed by atoms with E-state index in [-0.39, 0.29) is 0 Å². The van der Waals surface area contributed by atoms with Crippen molar-refractivity contribution in [3.63, 3.8) is 0 Å². The molecule has 0 aliphatic carbocycles. The summed E-state index contributed by atoms with van der Waals surface area (Å²) in [5.41, 5.74) is 6.71. The largest absolute Gasteiger partial charge is 0.449 e. The van der Waals surface area contributed by atoms with Crippen molar-refractivity contribution in [2.75, 3.05) is 5.32 Å². The molecule has 0 radical (unpaired) electrons. The number of rotatable bonds is 6. The average molecular weight is 373 g/mol. The summed E-state index contributed by atoms with van der Waals surface area (Å²) in [5, 5.41) is 3.18. The van der Waals surface area contributed by atoms with E-state index < -0.39 is 23.9 Å². The summed E-state index contributed by atoms with van der Waals surface area (Å²) >= 11 is 5.79. The Morgan fingerprint density at radius 3 is 2.27 bits per heavy atom. The minimum Gasteiger partial charge on any atom is -0.449 e. The summed E-state index contributed by atoms with van der Waals surface area (Å²) in [4.78, 5) is 34.9. The molecule has 2 aromatic rings. The summed E-state index contributed by atoms with van der Waals surface area (Å²) in [6.07, 6.45) is 1.80. The van der Waals surface area contributed by atoms with Gasteiger partial charge >= 0.3 is 5.97 Å². The SMILES string of the molecule is C[C@H](OC(=O)/C=C/c1ccc(Cl)cc1)C(=O)Nc1ccc(C(N)=O)cc1. The molecule has 6 nitrogen and oxygen atoms in total. The third kappa shape index (κ3) is 5.75. The van der Waals surface area contributed by atoms with Crippen molar-refractivity contribution < 1.29 is 19.1 Å². The van der Waals surface area contributed by atoms with Gasteiger partial charge in [-0.2, -0.15) is 0 Å². The molecule has 134 valence electrons. The van der Waals surface area contributed by atoms with Gasteiger partial charge in [0, 0.05) is 22.3 Å². The Morgan fingerprint density at radius 1 is 1.08 bits per heavy atom. The van der Waals surface area contributed by atoms with Crippen LogP contribution in [0.1, 0.15) is 22.8 Å². The number of ether oxygens (including phenoxy) is 1. The highest BCUT2D eigenvalue weighted by Gasteiger charge is 2.16. The molecule has 0 saturated carbocycles. The number of nitrogens with one attached hydrogen (secondary N) is 1. The van der Waals surface area contributed by atoms with E-state index in [9.17, 15) is 14.4 Å². The quantitative estimate of drug-likeness (QED) is 0.601. The average Bonchev–Trinajstić information content (AvgIpc) is 2.61. The Labute approximate surface area is 155 Å². The van der Waals surface area contributed by atoms with Gasteiger partial charge in [0.25, 0.3) is 5.91 Å². The second-order valence-electron chi connectivity index (χ2n) is 5.39. The number of carbonyl (C=O) groups excluding carboxylic acids is 3. The number of primary amides is 1. The predicted molar refractivity (Wildman–Crippen MR) is 99.6 cm³/mol. The standard InChI is InChI=1S/C19H17ClN2O4/c1-12(19(25)22-16-9-5-14(6-10-16)18(21)24)26-17(23)11-4-13-2-7-15(20)8-3-13/h2-12H,1H3,(H2,21,24)(H,22,25)/b11-4+/t12-/m0/s1. The van der Waals surface area contributed by atoms with Crippen LogP contribution in [0.15, 0.2) is 54.6 Å². The van der Waals surface area contributed by atoms with Gasteiger partial charge in [-0.3, -0.25) is 9.59 Å². The van der Waals surface area contributed by atoms with Gasteiger partial charge in [-0.25, -0.2) is 4.79 Å². The van der Waals surface area contributed by atoms with Crippen molar-refractivity contribution in [1.29, 1.82) is 0 Å². The number of halogens is 1. The van der Waals surface area contributed by atoms with E-state index in [1.807, 2.05) is 0 Å². The summed E-state index contributed by atoms with van der Waals surface area (Å²) in [7, 11) is 0. The van der Waals surface area contributed by atoms with E-state index in [1.165, 1.54) is 37.3 Å². The smallest absolute Gasteiger partial charge is 0.331 e.